The maximum atomic E-state index is 11.8. The number of rotatable bonds is 10. The van der Waals surface area contributed by atoms with Crippen LogP contribution in [0.3, 0.4) is 0 Å². The minimum atomic E-state index is -0.412. The van der Waals surface area contributed by atoms with Crippen molar-refractivity contribution in [2.75, 3.05) is 25.6 Å². The van der Waals surface area contributed by atoms with Crippen LogP contribution in [0, 0.1) is 0 Å². The van der Waals surface area contributed by atoms with Gasteiger partial charge in [0, 0.05) is 12.1 Å². The first kappa shape index (κ1) is 21.7. The highest BCUT2D eigenvalue weighted by Crippen LogP contribution is 2.25. The molecule has 160 valence electrons. The van der Waals surface area contributed by atoms with Crippen molar-refractivity contribution in [3.63, 3.8) is 0 Å². The molecule has 2 amide bonds. The number of nitrogens with one attached hydrogen (secondary N) is 2. The van der Waals surface area contributed by atoms with Gasteiger partial charge in [0.1, 0.15) is 5.75 Å². The third-order valence-corrected chi connectivity index (χ3v) is 4.15. The van der Waals surface area contributed by atoms with E-state index in [9.17, 15) is 4.79 Å². The number of carbonyl (C=O) groups is 1. The van der Waals surface area contributed by atoms with Gasteiger partial charge < -0.3 is 19.5 Å². The summed E-state index contributed by atoms with van der Waals surface area (Å²) >= 11 is 0. The number of nitrogens with zero attached hydrogens (tertiary/aromatic N) is 1. The zero-order valence-corrected chi connectivity index (χ0v) is 17.3. The average Bonchev–Trinajstić information content (AvgIpc) is 2.80. The number of ether oxygens (including phenoxy) is 3. The lowest BCUT2D eigenvalue weighted by molar-refractivity contribution is 0.240. The molecule has 3 aromatic rings. The maximum absolute atomic E-state index is 11.8. The largest absolute Gasteiger partial charge is 0.493 e. The van der Waals surface area contributed by atoms with Gasteiger partial charge in [-0.05, 0) is 42.0 Å². The van der Waals surface area contributed by atoms with Crippen molar-refractivity contribution >= 4 is 17.9 Å². The minimum absolute atomic E-state index is 0.412. The minimum Gasteiger partial charge on any atom is -0.493 e. The third kappa shape index (κ3) is 7.40. The molecular weight excluding hydrogens is 394 g/mol. The first-order valence-electron chi connectivity index (χ1n) is 9.88. The molecule has 0 heterocycles. The summed E-state index contributed by atoms with van der Waals surface area (Å²) in [5, 5.41) is 6.65. The molecular formula is C24H25N3O4. The number of hydrogen-bond donors (Lipinski definition) is 2. The van der Waals surface area contributed by atoms with Crippen LogP contribution in [0.15, 0.2) is 84.0 Å². The molecule has 3 aromatic carbocycles. The first-order chi connectivity index (χ1) is 15.2. The van der Waals surface area contributed by atoms with E-state index in [1.54, 1.807) is 25.5 Å². The van der Waals surface area contributed by atoms with Gasteiger partial charge in [-0.3, -0.25) is 0 Å². The summed E-state index contributed by atoms with van der Waals surface area (Å²) in [6.45, 7) is 1.02. The summed E-state index contributed by atoms with van der Waals surface area (Å²) in [5.41, 5.74) is 3.94. The highest BCUT2D eigenvalue weighted by molar-refractivity contribution is 5.90. The predicted octanol–water partition coefficient (Wildman–Crippen LogP) is 4.70. The highest BCUT2D eigenvalue weighted by atomic mass is 16.5. The Bertz CT molecular complexity index is 993. The van der Waals surface area contributed by atoms with Crippen molar-refractivity contribution in [1.82, 2.24) is 5.43 Å². The van der Waals surface area contributed by atoms with Crippen LogP contribution in [0.2, 0.25) is 0 Å². The van der Waals surface area contributed by atoms with E-state index >= 15 is 0 Å². The molecule has 7 nitrogen and oxygen atoms in total. The molecule has 0 aliphatic heterocycles. The number of hydrazone groups is 1. The summed E-state index contributed by atoms with van der Waals surface area (Å²) in [5.74, 6) is 2.14. The second kappa shape index (κ2) is 11.9. The van der Waals surface area contributed by atoms with Crippen molar-refractivity contribution in [1.29, 1.82) is 0 Å². The van der Waals surface area contributed by atoms with E-state index in [0.29, 0.717) is 30.4 Å². The van der Waals surface area contributed by atoms with Gasteiger partial charge in [0.25, 0.3) is 0 Å². The van der Waals surface area contributed by atoms with Crippen molar-refractivity contribution < 1.29 is 19.0 Å². The Morgan fingerprint density at radius 1 is 0.903 bits per heavy atom. The number of methoxy groups -OCH3 is 1. The molecule has 3 rings (SSSR count). The van der Waals surface area contributed by atoms with E-state index in [1.807, 2.05) is 66.7 Å². The summed E-state index contributed by atoms with van der Waals surface area (Å²) in [6.07, 6.45) is 2.28. The van der Waals surface area contributed by atoms with Crippen molar-refractivity contribution in [2.45, 2.75) is 6.42 Å². The summed E-state index contributed by atoms with van der Waals surface area (Å²) in [7, 11) is 1.62. The number of urea groups is 1. The number of hydrogen-bond acceptors (Lipinski definition) is 5. The third-order valence-electron chi connectivity index (χ3n) is 4.15. The normalized spacial score (nSPS) is 10.5. The molecule has 0 saturated heterocycles. The van der Waals surface area contributed by atoms with Crippen LogP contribution >= 0.6 is 0 Å². The summed E-state index contributed by atoms with van der Waals surface area (Å²) in [4.78, 5) is 11.8. The second-order valence-corrected chi connectivity index (χ2v) is 6.46. The molecule has 2 N–H and O–H groups in total. The lowest BCUT2D eigenvalue weighted by Gasteiger charge is -2.11. The molecule has 0 spiro atoms. The molecule has 0 aliphatic carbocycles. The molecule has 0 radical (unpaired) electrons. The number of benzene rings is 3. The lowest BCUT2D eigenvalue weighted by Crippen LogP contribution is -2.24. The lowest BCUT2D eigenvalue weighted by atomic mass is 10.2. The Morgan fingerprint density at radius 3 is 2.45 bits per heavy atom. The van der Waals surface area contributed by atoms with E-state index < -0.39 is 6.03 Å². The molecule has 7 heteroatoms. The van der Waals surface area contributed by atoms with Gasteiger partial charge in [-0.25, -0.2) is 10.2 Å². The van der Waals surface area contributed by atoms with Gasteiger partial charge in [0.05, 0.1) is 26.5 Å². The van der Waals surface area contributed by atoms with Gasteiger partial charge in [-0.15, -0.1) is 0 Å². The molecule has 0 saturated carbocycles. The number of carbonyl (C=O) groups excluding carboxylic acids is 1. The summed E-state index contributed by atoms with van der Waals surface area (Å²) < 4.78 is 16.8. The molecule has 0 bridgehead atoms. The van der Waals surface area contributed by atoms with Crippen molar-refractivity contribution in [3.05, 3.63) is 84.4 Å². The monoisotopic (exact) mass is 419 g/mol. The van der Waals surface area contributed by atoms with Crippen LogP contribution in [-0.2, 0) is 0 Å². The zero-order chi connectivity index (χ0) is 21.7. The standard InChI is InChI=1S/C24H25N3O4/c1-29-22-13-5-6-14-23(22)31-16-8-15-30-21-12-7-9-19(17-21)18-25-27-24(28)26-20-10-3-2-4-11-20/h2-7,9-14,17-18H,8,15-16H2,1H3,(H2,26,27,28)/b25-18-. The quantitative estimate of drug-likeness (QED) is 0.284. The Hall–Kier alpha value is -4.00. The fourth-order valence-electron chi connectivity index (χ4n) is 2.70. The Balaban J connectivity index is 1.39. The number of amides is 2. The van der Waals surface area contributed by atoms with Crippen LogP contribution in [0.1, 0.15) is 12.0 Å². The molecule has 0 unspecified atom stereocenters. The predicted molar refractivity (Wildman–Crippen MR) is 121 cm³/mol. The molecule has 0 aliphatic rings. The molecule has 0 fully saturated rings. The van der Waals surface area contributed by atoms with Crippen molar-refractivity contribution in [3.8, 4) is 17.2 Å². The second-order valence-electron chi connectivity index (χ2n) is 6.46. The van der Waals surface area contributed by atoms with Gasteiger partial charge in [0.2, 0.25) is 0 Å². The van der Waals surface area contributed by atoms with Crippen LogP contribution < -0.4 is 25.0 Å². The van der Waals surface area contributed by atoms with Crippen LogP contribution in [-0.4, -0.2) is 32.6 Å². The molecule has 31 heavy (non-hydrogen) atoms. The first-order valence-corrected chi connectivity index (χ1v) is 9.88. The van der Waals surface area contributed by atoms with E-state index in [4.69, 9.17) is 14.2 Å². The van der Waals surface area contributed by atoms with Gasteiger partial charge in [0.15, 0.2) is 11.5 Å². The van der Waals surface area contributed by atoms with Crippen LogP contribution in [0.5, 0.6) is 17.2 Å². The Labute approximate surface area is 181 Å². The van der Waals surface area contributed by atoms with E-state index in [-0.39, 0.29) is 0 Å². The SMILES string of the molecule is COc1ccccc1OCCCOc1cccc(/C=N\NC(=O)Nc2ccccc2)c1. The fraction of sp³-hybridized carbons (Fsp3) is 0.167. The average molecular weight is 419 g/mol. The van der Waals surface area contributed by atoms with E-state index in [2.05, 4.69) is 15.8 Å². The Kier molecular flexibility index (Phi) is 8.31. The van der Waals surface area contributed by atoms with Gasteiger partial charge >= 0.3 is 6.03 Å². The van der Waals surface area contributed by atoms with E-state index in [0.717, 1.165) is 17.7 Å². The van der Waals surface area contributed by atoms with Crippen LogP contribution in [0.25, 0.3) is 0 Å². The highest BCUT2D eigenvalue weighted by Gasteiger charge is 2.02. The van der Waals surface area contributed by atoms with Crippen LogP contribution in [0.4, 0.5) is 10.5 Å². The van der Waals surface area contributed by atoms with Crippen molar-refractivity contribution in [2.24, 2.45) is 5.10 Å². The van der Waals surface area contributed by atoms with E-state index in [1.165, 1.54) is 0 Å². The maximum Gasteiger partial charge on any atom is 0.339 e. The topological polar surface area (TPSA) is 81.2 Å². The number of anilines is 1. The summed E-state index contributed by atoms with van der Waals surface area (Å²) in [6, 6.07) is 23.7. The van der Waals surface area contributed by atoms with Gasteiger partial charge in [-0.2, -0.15) is 5.10 Å². The molecule has 0 aromatic heterocycles. The number of para-hydroxylation sites is 3. The van der Waals surface area contributed by atoms with Gasteiger partial charge in [-0.1, -0.05) is 42.5 Å². The molecule has 0 atom stereocenters. The zero-order valence-electron chi connectivity index (χ0n) is 17.3. The fourth-order valence-corrected chi connectivity index (χ4v) is 2.70. The smallest absolute Gasteiger partial charge is 0.339 e. The Morgan fingerprint density at radius 2 is 1.65 bits per heavy atom.